The van der Waals surface area contributed by atoms with E-state index in [0.717, 1.165) is 9.13 Å². The molecule has 0 amide bonds. The van der Waals surface area contributed by atoms with Crippen molar-refractivity contribution in [2.75, 3.05) is 0 Å². The van der Waals surface area contributed by atoms with Gasteiger partial charge in [-0.15, -0.1) is 0 Å². The van der Waals surface area contributed by atoms with E-state index in [2.05, 4.69) is 27.6 Å². The monoisotopic (exact) mass is 409 g/mol. The highest BCUT2D eigenvalue weighted by molar-refractivity contribution is 14.1. The molecule has 0 atom stereocenters. The molecule has 0 aromatic heterocycles. The lowest BCUT2D eigenvalue weighted by Crippen LogP contribution is -2.05. The summed E-state index contributed by atoms with van der Waals surface area (Å²) in [5.74, 6) is -0.178. The number of nitrogens with zero attached hydrogens (tertiary/aromatic N) is 1. The van der Waals surface area contributed by atoms with Crippen molar-refractivity contribution in [3.05, 3.63) is 73.9 Å². The summed E-state index contributed by atoms with van der Waals surface area (Å²) in [5.41, 5.74) is 1.87. The molecule has 2 aromatic rings. The van der Waals surface area contributed by atoms with Crippen molar-refractivity contribution in [1.29, 1.82) is 0 Å². The van der Waals surface area contributed by atoms with E-state index in [0.29, 0.717) is 10.6 Å². The van der Waals surface area contributed by atoms with Gasteiger partial charge in [0.2, 0.25) is 5.90 Å². The molecule has 0 bridgehead atoms. The summed E-state index contributed by atoms with van der Waals surface area (Å²) >= 11 is 8.16. The zero-order valence-electron chi connectivity index (χ0n) is 10.7. The van der Waals surface area contributed by atoms with Crippen molar-refractivity contribution >= 4 is 52.1 Å². The third-order valence-corrected chi connectivity index (χ3v) is 3.82. The largest absolute Gasteiger partial charge is 0.402 e. The molecule has 3 nitrogen and oxygen atoms in total. The first-order chi connectivity index (χ1) is 10.1. The maximum Gasteiger partial charge on any atom is 0.363 e. The first-order valence-electron chi connectivity index (χ1n) is 6.16. The van der Waals surface area contributed by atoms with E-state index in [-0.39, 0.29) is 11.6 Å². The number of benzene rings is 2. The molecule has 2 aromatic carbocycles. The second-order valence-corrected chi connectivity index (χ2v) is 6.08. The number of rotatable bonds is 2. The van der Waals surface area contributed by atoms with E-state index in [4.69, 9.17) is 16.3 Å². The van der Waals surface area contributed by atoms with Crippen molar-refractivity contribution in [3.63, 3.8) is 0 Å². The summed E-state index contributed by atoms with van der Waals surface area (Å²) in [6.07, 6.45) is 1.70. The van der Waals surface area contributed by atoms with E-state index >= 15 is 0 Å². The van der Waals surface area contributed by atoms with Gasteiger partial charge in [0, 0.05) is 14.2 Å². The molecule has 0 aliphatic carbocycles. The smallest absolute Gasteiger partial charge is 0.363 e. The molecule has 0 fully saturated rings. The van der Waals surface area contributed by atoms with Crippen LogP contribution in [0.5, 0.6) is 0 Å². The van der Waals surface area contributed by atoms with Gasteiger partial charge in [-0.2, -0.15) is 0 Å². The average molecular weight is 410 g/mol. The standard InChI is InChI=1S/C16H9ClINO2/c17-12-3-1-2-11(9-12)15-19-14(16(20)21-15)8-10-4-6-13(18)7-5-10/h1-9H. The maximum absolute atomic E-state index is 11.9. The van der Waals surface area contributed by atoms with Gasteiger partial charge in [0.05, 0.1) is 0 Å². The van der Waals surface area contributed by atoms with Gasteiger partial charge >= 0.3 is 5.97 Å². The Balaban J connectivity index is 1.93. The summed E-state index contributed by atoms with van der Waals surface area (Å²) in [4.78, 5) is 16.1. The fourth-order valence-corrected chi connectivity index (χ4v) is 2.42. The molecule has 3 rings (SSSR count). The first kappa shape index (κ1) is 14.3. The molecule has 0 N–H and O–H groups in total. The Hall–Kier alpha value is -1.66. The van der Waals surface area contributed by atoms with Gasteiger partial charge in [-0.25, -0.2) is 9.79 Å². The summed E-state index contributed by atoms with van der Waals surface area (Å²) < 4.78 is 6.32. The number of carbonyl (C=O) groups excluding carboxylic acids is 1. The minimum Gasteiger partial charge on any atom is -0.402 e. The van der Waals surface area contributed by atoms with Gasteiger partial charge < -0.3 is 4.74 Å². The SMILES string of the molecule is O=C1OC(c2cccc(Cl)c2)=NC1=Cc1ccc(I)cc1. The second kappa shape index (κ2) is 5.99. The van der Waals surface area contributed by atoms with Crippen molar-refractivity contribution in [1.82, 2.24) is 0 Å². The highest BCUT2D eigenvalue weighted by atomic mass is 127. The number of esters is 1. The molecule has 0 saturated heterocycles. The number of hydrogen-bond acceptors (Lipinski definition) is 3. The minimum atomic E-state index is -0.455. The van der Waals surface area contributed by atoms with E-state index in [1.165, 1.54) is 0 Å². The summed E-state index contributed by atoms with van der Waals surface area (Å²) in [6, 6.07) is 14.8. The molecule has 0 radical (unpaired) electrons. The zero-order valence-corrected chi connectivity index (χ0v) is 13.6. The highest BCUT2D eigenvalue weighted by Gasteiger charge is 2.24. The minimum absolute atomic E-state index is 0.277. The molecule has 104 valence electrons. The van der Waals surface area contributed by atoms with Crippen molar-refractivity contribution in [2.45, 2.75) is 0 Å². The number of carbonyl (C=O) groups is 1. The molecule has 5 heteroatoms. The molecular weight excluding hydrogens is 401 g/mol. The molecular formula is C16H9ClINO2. The third-order valence-electron chi connectivity index (χ3n) is 2.87. The Kier molecular flexibility index (Phi) is 4.07. The zero-order chi connectivity index (χ0) is 14.8. The number of cyclic esters (lactones) is 1. The van der Waals surface area contributed by atoms with E-state index in [1.807, 2.05) is 24.3 Å². The summed E-state index contributed by atoms with van der Waals surface area (Å²) in [6.45, 7) is 0. The average Bonchev–Trinajstić information content (AvgIpc) is 2.83. The predicted octanol–water partition coefficient (Wildman–Crippen LogP) is 4.29. The molecule has 0 spiro atoms. The van der Waals surface area contributed by atoms with E-state index in [9.17, 15) is 4.79 Å². The molecule has 0 saturated carbocycles. The Morgan fingerprint density at radius 3 is 2.62 bits per heavy atom. The van der Waals surface area contributed by atoms with Crippen LogP contribution in [0.4, 0.5) is 0 Å². The Morgan fingerprint density at radius 1 is 1.14 bits per heavy atom. The summed E-state index contributed by atoms with van der Waals surface area (Å²) in [7, 11) is 0. The third kappa shape index (κ3) is 3.33. The number of ether oxygens (including phenoxy) is 1. The van der Waals surface area contributed by atoms with Crippen LogP contribution in [0.1, 0.15) is 11.1 Å². The summed E-state index contributed by atoms with van der Waals surface area (Å²) in [5, 5.41) is 0.571. The second-order valence-electron chi connectivity index (χ2n) is 4.40. The lowest BCUT2D eigenvalue weighted by molar-refractivity contribution is -0.129. The van der Waals surface area contributed by atoms with Crippen molar-refractivity contribution in [3.8, 4) is 0 Å². The van der Waals surface area contributed by atoms with Crippen LogP contribution >= 0.6 is 34.2 Å². The Labute approximate surface area is 140 Å². The van der Waals surface area contributed by atoms with Crippen LogP contribution in [0.15, 0.2) is 59.2 Å². The fourth-order valence-electron chi connectivity index (χ4n) is 1.87. The van der Waals surface area contributed by atoms with Crippen LogP contribution in [0, 0.1) is 3.57 Å². The number of aliphatic imine (C=N–C) groups is 1. The van der Waals surface area contributed by atoms with Gasteiger partial charge in [-0.1, -0.05) is 29.8 Å². The van der Waals surface area contributed by atoms with Crippen LogP contribution < -0.4 is 0 Å². The van der Waals surface area contributed by atoms with Gasteiger partial charge in [0.25, 0.3) is 0 Å². The predicted molar refractivity (Wildman–Crippen MR) is 91.2 cm³/mol. The van der Waals surface area contributed by atoms with Gasteiger partial charge in [0.15, 0.2) is 5.70 Å². The first-order valence-corrected chi connectivity index (χ1v) is 7.61. The van der Waals surface area contributed by atoms with Crippen LogP contribution in [0.25, 0.3) is 6.08 Å². The van der Waals surface area contributed by atoms with Gasteiger partial charge in [-0.3, -0.25) is 0 Å². The van der Waals surface area contributed by atoms with Crippen molar-refractivity contribution in [2.24, 2.45) is 4.99 Å². The highest BCUT2D eigenvalue weighted by Crippen LogP contribution is 2.21. The lowest BCUT2D eigenvalue weighted by Gasteiger charge is -1.98. The fraction of sp³-hybridized carbons (Fsp3) is 0. The van der Waals surface area contributed by atoms with E-state index in [1.54, 1.807) is 30.3 Å². The van der Waals surface area contributed by atoms with Gasteiger partial charge in [-0.05, 0) is 64.6 Å². The molecule has 0 unspecified atom stereocenters. The normalized spacial score (nSPS) is 16.0. The topological polar surface area (TPSA) is 38.7 Å². The van der Waals surface area contributed by atoms with Crippen LogP contribution in [0.3, 0.4) is 0 Å². The van der Waals surface area contributed by atoms with Gasteiger partial charge in [0.1, 0.15) is 0 Å². The molecule has 21 heavy (non-hydrogen) atoms. The maximum atomic E-state index is 11.9. The Bertz CT molecular complexity index is 766. The quantitative estimate of drug-likeness (QED) is 0.422. The Morgan fingerprint density at radius 2 is 1.90 bits per heavy atom. The van der Waals surface area contributed by atoms with E-state index < -0.39 is 5.97 Å². The van der Waals surface area contributed by atoms with Crippen LogP contribution in [-0.4, -0.2) is 11.9 Å². The van der Waals surface area contributed by atoms with Crippen LogP contribution in [0.2, 0.25) is 5.02 Å². The van der Waals surface area contributed by atoms with Crippen molar-refractivity contribution < 1.29 is 9.53 Å². The van der Waals surface area contributed by atoms with Crippen LogP contribution in [-0.2, 0) is 9.53 Å². The number of halogens is 2. The molecule has 1 heterocycles. The lowest BCUT2D eigenvalue weighted by atomic mass is 10.2. The molecule has 1 aliphatic rings. The number of hydrogen-bond donors (Lipinski definition) is 0. The molecule has 1 aliphatic heterocycles.